The third kappa shape index (κ3) is 3.48. The van der Waals surface area contributed by atoms with Crippen LogP contribution in [-0.2, 0) is 17.4 Å². The molecule has 0 radical (unpaired) electrons. The molecule has 1 aromatic rings. The Morgan fingerprint density at radius 1 is 1.22 bits per heavy atom. The zero-order valence-electron chi connectivity index (χ0n) is 15.8. The minimum Gasteiger partial charge on any atom is -0.390 e. The number of amides is 1. The molecule has 0 atom stereocenters. The number of carbonyl (C=O) groups is 1. The largest absolute Gasteiger partial charge is 0.416 e. The van der Waals surface area contributed by atoms with Gasteiger partial charge in [0, 0.05) is 24.4 Å². The van der Waals surface area contributed by atoms with Gasteiger partial charge in [0.25, 0.3) is 0 Å². The van der Waals surface area contributed by atoms with Crippen LogP contribution in [-0.4, -0.2) is 34.6 Å². The molecule has 3 fully saturated rings. The topological polar surface area (TPSA) is 40.5 Å². The van der Waals surface area contributed by atoms with E-state index in [2.05, 4.69) is 0 Å². The summed E-state index contributed by atoms with van der Waals surface area (Å²) in [6.45, 7) is 5.02. The van der Waals surface area contributed by atoms with Gasteiger partial charge in [0.2, 0.25) is 5.91 Å². The van der Waals surface area contributed by atoms with E-state index in [4.69, 9.17) is 0 Å². The molecule has 1 amide bonds. The molecule has 1 spiro atoms. The zero-order valence-corrected chi connectivity index (χ0v) is 15.8. The van der Waals surface area contributed by atoms with Crippen LogP contribution in [0, 0.1) is 24.2 Å². The molecule has 1 N–H and O–H groups in total. The second kappa shape index (κ2) is 5.97. The number of aryl methyl sites for hydroxylation is 1. The van der Waals surface area contributed by atoms with E-state index in [0.29, 0.717) is 24.8 Å². The normalized spacial score (nSPS) is 29.9. The third-order valence-corrected chi connectivity index (χ3v) is 6.60. The molecule has 0 bridgehead atoms. The number of halogens is 3. The number of hydrogen-bond acceptors (Lipinski definition) is 2. The van der Waals surface area contributed by atoms with Gasteiger partial charge in [-0.1, -0.05) is 17.7 Å². The summed E-state index contributed by atoms with van der Waals surface area (Å²) in [4.78, 5) is 14.2. The first-order chi connectivity index (χ1) is 12.5. The van der Waals surface area contributed by atoms with E-state index in [-0.39, 0.29) is 23.2 Å². The Hall–Kier alpha value is -1.56. The van der Waals surface area contributed by atoms with Gasteiger partial charge in [-0.25, -0.2) is 0 Å². The Morgan fingerprint density at radius 3 is 2.41 bits per heavy atom. The summed E-state index contributed by atoms with van der Waals surface area (Å²) in [5.74, 6) is 0.332. The SMILES string of the molecule is Cc1ccc(C(F)(F)F)c(CC2CC3(C2)CN(C(=O)[C@H]2C[C@@](C)(O)C2)C3)c1. The maximum atomic E-state index is 13.2. The number of likely N-dealkylation sites (tertiary alicyclic amines) is 1. The first-order valence-corrected chi connectivity index (χ1v) is 9.64. The molecular weight excluding hydrogens is 355 g/mol. The summed E-state index contributed by atoms with van der Waals surface area (Å²) < 4.78 is 39.7. The summed E-state index contributed by atoms with van der Waals surface area (Å²) in [5, 5.41) is 9.79. The molecule has 6 heteroatoms. The molecule has 4 rings (SSSR count). The van der Waals surface area contributed by atoms with Gasteiger partial charge in [-0.15, -0.1) is 0 Å². The maximum absolute atomic E-state index is 13.2. The highest BCUT2D eigenvalue weighted by atomic mass is 19.4. The van der Waals surface area contributed by atoms with E-state index in [9.17, 15) is 23.1 Å². The van der Waals surface area contributed by atoms with Crippen molar-refractivity contribution in [3.63, 3.8) is 0 Å². The Bertz CT molecular complexity index is 749. The lowest BCUT2D eigenvalue weighted by Crippen LogP contribution is -2.66. The van der Waals surface area contributed by atoms with Crippen molar-refractivity contribution in [2.75, 3.05) is 13.1 Å². The highest BCUT2D eigenvalue weighted by Gasteiger charge is 2.55. The van der Waals surface area contributed by atoms with Crippen molar-refractivity contribution in [1.82, 2.24) is 4.90 Å². The van der Waals surface area contributed by atoms with Gasteiger partial charge < -0.3 is 10.0 Å². The Morgan fingerprint density at radius 2 is 1.85 bits per heavy atom. The first kappa shape index (κ1) is 18.8. The van der Waals surface area contributed by atoms with Gasteiger partial charge in [-0.05, 0) is 63.5 Å². The van der Waals surface area contributed by atoms with E-state index in [0.717, 1.165) is 31.5 Å². The predicted octanol–water partition coefficient (Wildman–Crippen LogP) is 3.96. The molecule has 3 aliphatic rings. The molecular formula is C21H26F3NO2. The number of rotatable bonds is 3. The fourth-order valence-electron chi connectivity index (χ4n) is 5.40. The number of benzene rings is 1. The van der Waals surface area contributed by atoms with Gasteiger partial charge >= 0.3 is 6.18 Å². The second-order valence-corrected chi connectivity index (χ2v) is 9.43. The molecule has 0 unspecified atom stereocenters. The van der Waals surface area contributed by atoms with E-state index < -0.39 is 17.3 Å². The third-order valence-electron chi connectivity index (χ3n) is 6.60. The lowest BCUT2D eigenvalue weighted by Gasteiger charge is -2.60. The van der Waals surface area contributed by atoms with Gasteiger partial charge in [0.15, 0.2) is 0 Å². The quantitative estimate of drug-likeness (QED) is 0.861. The predicted molar refractivity (Wildman–Crippen MR) is 95.0 cm³/mol. The molecule has 2 saturated carbocycles. The molecule has 0 aromatic heterocycles. The van der Waals surface area contributed by atoms with Gasteiger partial charge in [0.05, 0.1) is 11.2 Å². The lowest BCUT2D eigenvalue weighted by molar-refractivity contribution is -0.171. The van der Waals surface area contributed by atoms with Crippen LogP contribution in [0.5, 0.6) is 0 Å². The fourth-order valence-corrected chi connectivity index (χ4v) is 5.40. The minimum absolute atomic E-state index is 0.0603. The average molecular weight is 381 g/mol. The number of carbonyl (C=O) groups excluding carboxylic acids is 1. The van der Waals surface area contributed by atoms with Crippen molar-refractivity contribution in [3.8, 4) is 0 Å². The number of aliphatic hydroxyl groups is 1. The molecule has 1 aromatic carbocycles. The van der Waals surface area contributed by atoms with Gasteiger partial charge in [-0.3, -0.25) is 4.79 Å². The fraction of sp³-hybridized carbons (Fsp3) is 0.667. The smallest absolute Gasteiger partial charge is 0.390 e. The summed E-state index contributed by atoms with van der Waals surface area (Å²) in [5.41, 5.74) is 0.148. The summed E-state index contributed by atoms with van der Waals surface area (Å²) in [6, 6.07) is 4.37. The summed E-state index contributed by atoms with van der Waals surface area (Å²) >= 11 is 0. The van der Waals surface area contributed by atoms with E-state index in [1.165, 1.54) is 12.1 Å². The molecule has 2 aliphatic carbocycles. The van der Waals surface area contributed by atoms with Crippen molar-refractivity contribution in [2.24, 2.45) is 17.3 Å². The standard InChI is InChI=1S/C21H26F3NO2/c1-13-3-4-17(21(22,23)24)15(5-13)6-14-7-20(8-14)11-25(12-20)18(26)16-9-19(2,27)10-16/h3-5,14,16,27H,6-12H2,1-2H3/t16-,19+. The van der Waals surface area contributed by atoms with E-state index in [1.54, 1.807) is 13.0 Å². The van der Waals surface area contributed by atoms with Crippen molar-refractivity contribution in [1.29, 1.82) is 0 Å². The van der Waals surface area contributed by atoms with Crippen LogP contribution in [0.3, 0.4) is 0 Å². The van der Waals surface area contributed by atoms with Gasteiger partial charge in [0.1, 0.15) is 0 Å². The Balaban J connectivity index is 1.30. The maximum Gasteiger partial charge on any atom is 0.416 e. The average Bonchev–Trinajstić information content (AvgIpc) is 2.43. The van der Waals surface area contributed by atoms with Crippen LogP contribution in [0.15, 0.2) is 18.2 Å². The van der Waals surface area contributed by atoms with Gasteiger partial charge in [-0.2, -0.15) is 13.2 Å². The van der Waals surface area contributed by atoms with Crippen LogP contribution < -0.4 is 0 Å². The molecule has 27 heavy (non-hydrogen) atoms. The highest BCUT2D eigenvalue weighted by Crippen LogP contribution is 2.54. The van der Waals surface area contributed by atoms with Crippen LogP contribution in [0.1, 0.15) is 49.3 Å². The van der Waals surface area contributed by atoms with Crippen LogP contribution in [0.2, 0.25) is 0 Å². The summed E-state index contributed by atoms with van der Waals surface area (Å²) in [6.07, 6.45) is -1.00. The van der Waals surface area contributed by atoms with Crippen molar-refractivity contribution in [2.45, 2.75) is 57.7 Å². The minimum atomic E-state index is -4.31. The number of alkyl halides is 3. The first-order valence-electron chi connectivity index (χ1n) is 9.64. The monoisotopic (exact) mass is 381 g/mol. The Labute approximate surface area is 157 Å². The number of nitrogens with zero attached hydrogens (tertiary/aromatic N) is 1. The van der Waals surface area contributed by atoms with E-state index >= 15 is 0 Å². The molecule has 1 aliphatic heterocycles. The lowest BCUT2D eigenvalue weighted by atomic mass is 9.56. The summed E-state index contributed by atoms with van der Waals surface area (Å²) in [7, 11) is 0. The van der Waals surface area contributed by atoms with Crippen LogP contribution in [0.4, 0.5) is 13.2 Å². The molecule has 1 saturated heterocycles. The van der Waals surface area contributed by atoms with Crippen LogP contribution in [0.25, 0.3) is 0 Å². The van der Waals surface area contributed by atoms with Crippen molar-refractivity contribution >= 4 is 5.91 Å². The zero-order chi connectivity index (χ0) is 19.6. The Kier molecular flexibility index (Phi) is 4.15. The highest BCUT2D eigenvalue weighted by molar-refractivity contribution is 5.81. The van der Waals surface area contributed by atoms with Crippen molar-refractivity contribution < 1.29 is 23.1 Å². The molecule has 148 valence electrons. The number of hydrogen-bond donors (Lipinski definition) is 1. The molecule has 1 heterocycles. The van der Waals surface area contributed by atoms with Crippen molar-refractivity contribution in [3.05, 3.63) is 34.9 Å². The molecule has 3 nitrogen and oxygen atoms in total. The second-order valence-electron chi connectivity index (χ2n) is 9.43. The van der Waals surface area contributed by atoms with E-state index in [1.807, 2.05) is 11.8 Å². The van der Waals surface area contributed by atoms with Crippen LogP contribution >= 0.6 is 0 Å².